The van der Waals surface area contributed by atoms with E-state index < -0.39 is 5.54 Å². The van der Waals surface area contributed by atoms with Gasteiger partial charge in [0.15, 0.2) is 0 Å². The minimum atomic E-state index is -0.421. The molecule has 2 aliphatic heterocycles. The summed E-state index contributed by atoms with van der Waals surface area (Å²) >= 11 is 0. The molecule has 0 aliphatic carbocycles. The van der Waals surface area contributed by atoms with E-state index in [4.69, 9.17) is 5.73 Å². The maximum absolute atomic E-state index is 12.3. The number of rotatable bonds is 3. The molecule has 2 saturated heterocycles. The van der Waals surface area contributed by atoms with Gasteiger partial charge in [-0.3, -0.25) is 9.69 Å². The molecule has 2 aliphatic rings. The largest absolute Gasteiger partial charge is 0.368 e. The van der Waals surface area contributed by atoms with Crippen LogP contribution in [-0.4, -0.2) is 66.6 Å². The van der Waals surface area contributed by atoms with Gasteiger partial charge in [-0.1, -0.05) is 0 Å². The number of nitrogens with two attached hydrogens (primary N) is 1. The predicted molar refractivity (Wildman–Crippen MR) is 81.5 cm³/mol. The van der Waals surface area contributed by atoms with Crippen molar-refractivity contribution < 1.29 is 4.79 Å². The first-order chi connectivity index (χ1) is 9.56. The summed E-state index contributed by atoms with van der Waals surface area (Å²) in [5.41, 5.74) is 5.43. The van der Waals surface area contributed by atoms with Crippen molar-refractivity contribution in [1.29, 1.82) is 0 Å². The molecule has 2 heterocycles. The molecule has 0 aromatic carbocycles. The van der Waals surface area contributed by atoms with Crippen molar-refractivity contribution >= 4 is 5.91 Å². The Bertz CT molecular complexity index is 326. The van der Waals surface area contributed by atoms with Crippen LogP contribution in [0.4, 0.5) is 0 Å². The molecule has 0 aromatic rings. The first-order valence-electron chi connectivity index (χ1n) is 8.06. The number of carbonyl (C=O) groups excluding carboxylic acids is 1. The number of nitrogens with one attached hydrogen (secondary N) is 1. The van der Waals surface area contributed by atoms with Crippen molar-refractivity contribution in [3.63, 3.8) is 0 Å². The van der Waals surface area contributed by atoms with E-state index in [9.17, 15) is 4.79 Å². The molecule has 2 fully saturated rings. The van der Waals surface area contributed by atoms with Crippen LogP contribution in [0.25, 0.3) is 0 Å². The van der Waals surface area contributed by atoms with E-state index in [1.54, 1.807) is 0 Å². The highest BCUT2D eigenvalue weighted by molar-refractivity contribution is 5.84. The van der Waals surface area contributed by atoms with E-state index in [-0.39, 0.29) is 5.91 Å². The van der Waals surface area contributed by atoms with Gasteiger partial charge in [0.2, 0.25) is 5.91 Å². The van der Waals surface area contributed by atoms with Gasteiger partial charge in [-0.2, -0.15) is 0 Å². The van der Waals surface area contributed by atoms with Crippen molar-refractivity contribution in [2.45, 2.75) is 51.1 Å². The molecule has 5 nitrogen and oxygen atoms in total. The highest BCUT2D eigenvalue weighted by atomic mass is 16.1. The zero-order chi connectivity index (χ0) is 14.6. The molecule has 20 heavy (non-hydrogen) atoms. The lowest BCUT2D eigenvalue weighted by atomic mass is 9.87. The van der Waals surface area contributed by atoms with Crippen LogP contribution in [0.5, 0.6) is 0 Å². The number of likely N-dealkylation sites (tertiary alicyclic amines) is 1. The van der Waals surface area contributed by atoms with E-state index >= 15 is 0 Å². The predicted octanol–water partition coefficient (Wildman–Crippen LogP) is 0.400. The monoisotopic (exact) mass is 282 g/mol. The summed E-state index contributed by atoms with van der Waals surface area (Å²) in [5, 5.41) is 3.41. The average Bonchev–Trinajstić information content (AvgIpc) is 2.80. The van der Waals surface area contributed by atoms with Gasteiger partial charge in [0, 0.05) is 32.2 Å². The third kappa shape index (κ3) is 3.32. The molecule has 116 valence electrons. The number of carbonyl (C=O) groups is 1. The summed E-state index contributed by atoms with van der Waals surface area (Å²) in [6.45, 7) is 10.4. The second-order valence-corrected chi connectivity index (χ2v) is 6.47. The van der Waals surface area contributed by atoms with Crippen LogP contribution in [0.3, 0.4) is 0 Å². The van der Waals surface area contributed by atoms with Crippen LogP contribution < -0.4 is 11.1 Å². The molecule has 1 amide bonds. The van der Waals surface area contributed by atoms with Gasteiger partial charge in [0.05, 0.1) is 0 Å². The summed E-state index contributed by atoms with van der Waals surface area (Å²) < 4.78 is 0. The van der Waals surface area contributed by atoms with Crippen molar-refractivity contribution in [3.05, 3.63) is 0 Å². The Labute approximate surface area is 122 Å². The Morgan fingerprint density at radius 2 is 1.90 bits per heavy atom. The smallest absolute Gasteiger partial charge is 0.238 e. The van der Waals surface area contributed by atoms with E-state index in [1.165, 1.54) is 0 Å². The molecule has 0 bridgehead atoms. The van der Waals surface area contributed by atoms with Crippen molar-refractivity contribution in [2.75, 3.05) is 39.3 Å². The number of hydrogen-bond acceptors (Lipinski definition) is 4. The Balaban J connectivity index is 2.14. The van der Waals surface area contributed by atoms with E-state index in [2.05, 4.69) is 29.0 Å². The average molecular weight is 282 g/mol. The first kappa shape index (κ1) is 15.7. The number of nitrogens with zero attached hydrogens (tertiary/aromatic N) is 2. The van der Waals surface area contributed by atoms with Crippen LogP contribution >= 0.6 is 0 Å². The molecule has 5 heteroatoms. The highest BCUT2D eigenvalue weighted by Gasteiger charge is 2.43. The molecule has 0 radical (unpaired) electrons. The Morgan fingerprint density at radius 1 is 1.10 bits per heavy atom. The number of primary amides is 1. The zero-order valence-corrected chi connectivity index (χ0v) is 13.0. The van der Waals surface area contributed by atoms with E-state index in [0.29, 0.717) is 6.04 Å². The molecule has 1 atom stereocenters. The summed E-state index contributed by atoms with van der Waals surface area (Å²) in [5.74, 6) is -0.120. The zero-order valence-electron chi connectivity index (χ0n) is 13.0. The number of amides is 1. The molecule has 1 unspecified atom stereocenters. The van der Waals surface area contributed by atoms with E-state index in [0.717, 1.165) is 65.0 Å². The fraction of sp³-hybridized carbons (Fsp3) is 0.933. The quantitative estimate of drug-likeness (QED) is 0.786. The molecular formula is C15H30N4O. The number of hydrogen-bond donors (Lipinski definition) is 2. The SMILES string of the molecule is CC(C)N1CCCC(C(N)=O)(N2CCCNCC2)CC1. The Kier molecular flexibility index (Phi) is 5.41. The lowest BCUT2D eigenvalue weighted by Gasteiger charge is -2.40. The summed E-state index contributed by atoms with van der Waals surface area (Å²) in [6, 6.07) is 0.546. The highest BCUT2D eigenvalue weighted by Crippen LogP contribution is 2.30. The normalized spacial score (nSPS) is 30.9. The van der Waals surface area contributed by atoms with Gasteiger partial charge in [-0.25, -0.2) is 0 Å². The molecule has 2 rings (SSSR count). The standard InChI is InChI=1S/C15H30N4O/c1-13(2)18-9-3-5-15(6-11-18,14(16)20)19-10-4-7-17-8-12-19/h13,17H,3-12H2,1-2H3,(H2,16,20). The van der Waals surface area contributed by atoms with Crippen LogP contribution in [0.2, 0.25) is 0 Å². The second-order valence-electron chi connectivity index (χ2n) is 6.47. The molecule has 0 aromatic heterocycles. The molecule has 0 spiro atoms. The fourth-order valence-corrected chi connectivity index (χ4v) is 3.65. The lowest BCUT2D eigenvalue weighted by molar-refractivity contribution is -0.131. The van der Waals surface area contributed by atoms with E-state index in [1.807, 2.05) is 0 Å². The van der Waals surface area contributed by atoms with Crippen LogP contribution in [-0.2, 0) is 4.79 Å². The topological polar surface area (TPSA) is 61.6 Å². The lowest BCUT2D eigenvalue weighted by Crippen LogP contribution is -2.58. The maximum atomic E-state index is 12.3. The van der Waals surface area contributed by atoms with Crippen LogP contribution in [0.1, 0.15) is 39.5 Å². The van der Waals surface area contributed by atoms with Crippen LogP contribution in [0, 0.1) is 0 Å². The Hall–Kier alpha value is -0.650. The fourth-order valence-electron chi connectivity index (χ4n) is 3.65. The molecule has 0 saturated carbocycles. The third-order valence-corrected chi connectivity index (χ3v) is 4.98. The maximum Gasteiger partial charge on any atom is 0.238 e. The summed E-state index contributed by atoms with van der Waals surface area (Å²) in [4.78, 5) is 17.1. The van der Waals surface area contributed by atoms with Crippen molar-refractivity contribution in [1.82, 2.24) is 15.1 Å². The summed E-state index contributed by atoms with van der Waals surface area (Å²) in [7, 11) is 0. The van der Waals surface area contributed by atoms with Crippen molar-refractivity contribution in [3.8, 4) is 0 Å². The van der Waals surface area contributed by atoms with Gasteiger partial charge in [0.1, 0.15) is 5.54 Å². The van der Waals surface area contributed by atoms with Gasteiger partial charge in [0.25, 0.3) is 0 Å². The molecule has 3 N–H and O–H groups in total. The van der Waals surface area contributed by atoms with Gasteiger partial charge in [-0.15, -0.1) is 0 Å². The molecular weight excluding hydrogens is 252 g/mol. The minimum absolute atomic E-state index is 0.120. The second kappa shape index (κ2) is 6.87. The van der Waals surface area contributed by atoms with Gasteiger partial charge >= 0.3 is 0 Å². The van der Waals surface area contributed by atoms with Crippen molar-refractivity contribution in [2.24, 2.45) is 5.73 Å². The van der Waals surface area contributed by atoms with Crippen LogP contribution in [0.15, 0.2) is 0 Å². The third-order valence-electron chi connectivity index (χ3n) is 4.98. The van der Waals surface area contributed by atoms with Gasteiger partial charge < -0.3 is 16.0 Å². The minimum Gasteiger partial charge on any atom is -0.368 e. The van der Waals surface area contributed by atoms with Gasteiger partial charge in [-0.05, 0) is 52.6 Å². The first-order valence-corrected chi connectivity index (χ1v) is 8.06. The Morgan fingerprint density at radius 3 is 2.60 bits per heavy atom. The summed E-state index contributed by atoms with van der Waals surface area (Å²) in [6.07, 6.45) is 3.94.